The fraction of sp³-hybridized carbons (Fsp3) is 0.455. The Kier molecular flexibility index (Phi) is 6.12. The van der Waals surface area contributed by atoms with Crippen molar-refractivity contribution < 1.29 is 4.74 Å². The number of rotatable bonds is 6. The summed E-state index contributed by atoms with van der Waals surface area (Å²) in [7, 11) is 0. The highest BCUT2D eigenvalue weighted by atomic mass is 79.9. The molecule has 0 fully saturated rings. The first-order chi connectivity index (χ1) is 6.86. The Morgan fingerprint density at radius 2 is 2.29 bits per heavy atom. The molecule has 0 spiro atoms. The second-order valence-electron chi connectivity index (χ2n) is 2.83. The topological polar surface area (TPSA) is 9.23 Å². The minimum atomic E-state index is 0.796. The first kappa shape index (κ1) is 11.9. The molecule has 1 aromatic carbocycles. The van der Waals surface area contributed by atoms with Gasteiger partial charge in [-0.05, 0) is 23.4 Å². The van der Waals surface area contributed by atoms with E-state index in [1.54, 1.807) is 0 Å². The van der Waals surface area contributed by atoms with E-state index in [9.17, 15) is 0 Å². The van der Waals surface area contributed by atoms with E-state index >= 15 is 0 Å². The lowest BCUT2D eigenvalue weighted by molar-refractivity contribution is 0.344. The van der Waals surface area contributed by atoms with Crippen LogP contribution in [0, 0.1) is 0 Å². The van der Waals surface area contributed by atoms with Crippen LogP contribution >= 0.6 is 27.7 Å². The van der Waals surface area contributed by atoms with E-state index in [2.05, 4.69) is 35.0 Å². The van der Waals surface area contributed by atoms with Crippen LogP contribution in [0.4, 0.5) is 0 Å². The number of hydrogen-bond donors (Lipinski definition) is 0. The maximum atomic E-state index is 5.61. The van der Waals surface area contributed by atoms with E-state index in [1.807, 2.05) is 23.9 Å². The van der Waals surface area contributed by atoms with Crippen molar-refractivity contribution in [3.8, 4) is 5.75 Å². The Hall–Kier alpha value is -0.150. The Morgan fingerprint density at radius 1 is 1.43 bits per heavy atom. The molecule has 0 bridgehead atoms. The van der Waals surface area contributed by atoms with Crippen molar-refractivity contribution in [2.75, 3.05) is 18.1 Å². The first-order valence-electron chi connectivity index (χ1n) is 4.72. The normalized spacial score (nSPS) is 10.1. The zero-order chi connectivity index (χ0) is 10.2. The van der Waals surface area contributed by atoms with Gasteiger partial charge in [-0.2, -0.15) is 11.8 Å². The summed E-state index contributed by atoms with van der Waals surface area (Å²) in [6.45, 7) is 2.96. The summed E-state index contributed by atoms with van der Waals surface area (Å²) in [6.07, 6.45) is 0. The van der Waals surface area contributed by atoms with Crippen LogP contribution in [0.25, 0.3) is 0 Å². The van der Waals surface area contributed by atoms with Crippen molar-refractivity contribution in [3.63, 3.8) is 0 Å². The fourth-order valence-corrected chi connectivity index (χ4v) is 1.92. The van der Waals surface area contributed by atoms with Crippen LogP contribution in [0.3, 0.4) is 0 Å². The molecule has 0 aliphatic carbocycles. The van der Waals surface area contributed by atoms with Gasteiger partial charge >= 0.3 is 0 Å². The molecule has 14 heavy (non-hydrogen) atoms. The lowest BCUT2D eigenvalue weighted by atomic mass is 10.2. The van der Waals surface area contributed by atoms with Gasteiger partial charge in [0.05, 0.1) is 6.61 Å². The van der Waals surface area contributed by atoms with Gasteiger partial charge in [-0.15, -0.1) is 0 Å². The molecule has 0 radical (unpaired) electrons. The number of benzene rings is 1. The van der Waals surface area contributed by atoms with E-state index in [0.717, 1.165) is 29.2 Å². The summed E-state index contributed by atoms with van der Waals surface area (Å²) in [6, 6.07) is 8.19. The third-order valence-corrected chi connectivity index (χ3v) is 3.26. The predicted molar refractivity (Wildman–Crippen MR) is 67.6 cm³/mol. The highest BCUT2D eigenvalue weighted by Gasteiger charge is 1.95. The van der Waals surface area contributed by atoms with Crippen LogP contribution in [0.15, 0.2) is 24.3 Å². The second-order valence-corrected chi connectivity index (χ2v) is 4.78. The van der Waals surface area contributed by atoms with Crippen LogP contribution in [0.1, 0.15) is 12.5 Å². The van der Waals surface area contributed by atoms with Gasteiger partial charge in [0.25, 0.3) is 0 Å². The van der Waals surface area contributed by atoms with E-state index < -0.39 is 0 Å². The Bertz CT molecular complexity index is 265. The van der Waals surface area contributed by atoms with Crippen molar-refractivity contribution in [2.24, 2.45) is 0 Å². The summed E-state index contributed by atoms with van der Waals surface area (Å²) < 4.78 is 5.61. The second kappa shape index (κ2) is 7.18. The molecule has 0 atom stereocenters. The maximum Gasteiger partial charge on any atom is 0.119 e. The molecule has 1 aromatic rings. The average molecular weight is 275 g/mol. The summed E-state index contributed by atoms with van der Waals surface area (Å²) >= 11 is 5.33. The molecule has 1 nitrogen and oxygen atoms in total. The van der Waals surface area contributed by atoms with Gasteiger partial charge in [-0.3, -0.25) is 0 Å². The predicted octanol–water partition coefficient (Wildman–Crippen LogP) is 3.71. The minimum absolute atomic E-state index is 0.796. The van der Waals surface area contributed by atoms with Crippen molar-refractivity contribution in [2.45, 2.75) is 12.3 Å². The molecule has 0 amide bonds. The van der Waals surface area contributed by atoms with Gasteiger partial charge in [-0.25, -0.2) is 0 Å². The molecule has 0 aliphatic heterocycles. The number of alkyl halides is 1. The Balaban J connectivity index is 2.34. The van der Waals surface area contributed by atoms with E-state index in [4.69, 9.17) is 4.74 Å². The quantitative estimate of drug-likeness (QED) is 0.578. The summed E-state index contributed by atoms with van der Waals surface area (Å²) in [5, 5.41) is 0.883. The van der Waals surface area contributed by atoms with Crippen molar-refractivity contribution >= 4 is 27.7 Å². The van der Waals surface area contributed by atoms with Gasteiger partial charge in [0.2, 0.25) is 0 Å². The van der Waals surface area contributed by atoms with Gasteiger partial charge in [0.1, 0.15) is 5.75 Å². The molecule has 0 saturated carbocycles. The van der Waals surface area contributed by atoms with Crippen molar-refractivity contribution in [1.82, 2.24) is 0 Å². The standard InChI is InChI=1S/C11H15BrOS/c1-2-14-7-6-13-11-5-3-4-10(8-11)9-12/h3-5,8H,2,6-7,9H2,1H3. The zero-order valence-corrected chi connectivity index (χ0v) is 10.7. The molecule has 1 rings (SSSR count). The molecule has 0 N–H and O–H groups in total. The SMILES string of the molecule is CCSCCOc1cccc(CBr)c1. The van der Waals surface area contributed by atoms with Crippen LogP contribution in [0.5, 0.6) is 5.75 Å². The van der Waals surface area contributed by atoms with Crippen LogP contribution < -0.4 is 4.74 Å². The molecular formula is C11H15BrOS. The third kappa shape index (κ3) is 4.38. The number of hydrogen-bond acceptors (Lipinski definition) is 2. The number of halogens is 1. The van der Waals surface area contributed by atoms with Crippen molar-refractivity contribution in [3.05, 3.63) is 29.8 Å². The zero-order valence-electron chi connectivity index (χ0n) is 8.33. The van der Waals surface area contributed by atoms with Gasteiger partial charge in [0, 0.05) is 11.1 Å². The van der Waals surface area contributed by atoms with Crippen molar-refractivity contribution in [1.29, 1.82) is 0 Å². The minimum Gasteiger partial charge on any atom is -0.493 e. The summed E-state index contributed by atoms with van der Waals surface area (Å²) in [5.74, 6) is 3.19. The maximum absolute atomic E-state index is 5.61. The molecular weight excluding hydrogens is 260 g/mol. The van der Waals surface area contributed by atoms with E-state index in [0.29, 0.717) is 0 Å². The number of ether oxygens (including phenoxy) is 1. The lowest BCUT2D eigenvalue weighted by Gasteiger charge is -2.06. The third-order valence-electron chi connectivity index (χ3n) is 1.75. The van der Waals surface area contributed by atoms with Gasteiger partial charge in [-0.1, -0.05) is 35.0 Å². The highest BCUT2D eigenvalue weighted by Crippen LogP contribution is 2.15. The summed E-state index contributed by atoms with van der Waals surface area (Å²) in [5.41, 5.74) is 1.26. The molecule has 78 valence electrons. The molecule has 0 heterocycles. The van der Waals surface area contributed by atoms with E-state index in [1.165, 1.54) is 5.56 Å². The average Bonchev–Trinajstić information content (AvgIpc) is 2.25. The monoisotopic (exact) mass is 274 g/mol. The van der Waals surface area contributed by atoms with E-state index in [-0.39, 0.29) is 0 Å². The van der Waals surface area contributed by atoms with Gasteiger partial charge in [0.15, 0.2) is 0 Å². The largest absolute Gasteiger partial charge is 0.493 e. The number of thioether (sulfide) groups is 1. The molecule has 0 unspecified atom stereocenters. The molecule has 0 aliphatic rings. The Labute approximate surface area is 98.4 Å². The smallest absolute Gasteiger partial charge is 0.119 e. The highest BCUT2D eigenvalue weighted by molar-refractivity contribution is 9.08. The van der Waals surface area contributed by atoms with Crippen LogP contribution in [-0.4, -0.2) is 18.1 Å². The van der Waals surface area contributed by atoms with Crippen LogP contribution in [-0.2, 0) is 5.33 Å². The van der Waals surface area contributed by atoms with Crippen LogP contribution in [0.2, 0.25) is 0 Å². The molecule has 3 heteroatoms. The first-order valence-corrected chi connectivity index (χ1v) is 7.00. The molecule has 0 saturated heterocycles. The molecule has 0 aromatic heterocycles. The Morgan fingerprint density at radius 3 is 3.00 bits per heavy atom. The fourth-order valence-electron chi connectivity index (χ4n) is 1.08. The lowest BCUT2D eigenvalue weighted by Crippen LogP contribution is -2.00. The van der Waals surface area contributed by atoms with Gasteiger partial charge < -0.3 is 4.74 Å². The summed E-state index contributed by atoms with van der Waals surface area (Å²) in [4.78, 5) is 0.